The summed E-state index contributed by atoms with van der Waals surface area (Å²) in [6.07, 6.45) is -1.12. The van der Waals surface area contributed by atoms with Crippen LogP contribution < -0.4 is 14.8 Å². The minimum Gasteiger partial charge on any atom is -0.496 e. The number of carbonyl (C=O) groups excluding carboxylic acids is 4. The van der Waals surface area contributed by atoms with Crippen molar-refractivity contribution in [1.29, 1.82) is 0 Å². The lowest BCUT2D eigenvalue weighted by atomic mass is 9.92. The Morgan fingerprint density at radius 3 is 2.22 bits per heavy atom. The quantitative estimate of drug-likeness (QED) is 0.129. The molecule has 3 atom stereocenters. The minimum atomic E-state index is -1.20. The number of nitrogens with one attached hydrogen (secondary N) is 1. The molecule has 0 aliphatic carbocycles. The molecule has 45 heavy (non-hydrogen) atoms. The van der Waals surface area contributed by atoms with Gasteiger partial charge in [0.05, 0.1) is 29.8 Å². The molecule has 13 nitrogen and oxygen atoms in total. The molecule has 0 aromatic heterocycles. The molecule has 0 heterocycles. The summed E-state index contributed by atoms with van der Waals surface area (Å²) in [6, 6.07) is 5.68. The van der Waals surface area contributed by atoms with Gasteiger partial charge in [0, 0.05) is 31.9 Å². The zero-order valence-electron chi connectivity index (χ0n) is 26.9. The molecule has 0 saturated heterocycles. The zero-order chi connectivity index (χ0) is 34.2. The van der Waals surface area contributed by atoms with E-state index in [-0.39, 0.29) is 24.3 Å². The first-order valence-electron chi connectivity index (χ1n) is 14.0. The normalized spacial score (nSPS) is 13.1. The van der Waals surface area contributed by atoms with Gasteiger partial charge in [-0.05, 0) is 85.2 Å². The molecule has 2 rings (SSSR count). The molecule has 1 N–H and O–H groups in total. The number of Topliss-reactive ketones (excluding diaryl/α,β-unsaturated/α-hetero) is 1. The average molecular weight is 742 g/mol. The second kappa shape index (κ2) is 15.9. The van der Waals surface area contributed by atoms with E-state index in [1.165, 1.54) is 39.2 Å². The number of carbonyl (C=O) groups is 4. The van der Waals surface area contributed by atoms with E-state index in [2.05, 4.69) is 5.32 Å². The standard InChI is InChI=1S/C31H40IN3O10/c1-17-12-20(10-11-25(17)42-7)26(34(6)30(39)45-31(3,4)5)24(36)13-18(2)28(37)33-22(29(38)44-9)15-19-14-21(32)27(43-8)23(16-19)35(40)41/h10-12,14,16,18,22,26H,13,15H2,1-9H3,(H,33,37)/t18-,22?,26+/m1/s1. The van der Waals surface area contributed by atoms with Gasteiger partial charge in [-0.1, -0.05) is 13.0 Å². The Kier molecular flexibility index (Phi) is 13.1. The minimum absolute atomic E-state index is 0.0769. The summed E-state index contributed by atoms with van der Waals surface area (Å²) in [5.74, 6) is -2.08. The topological polar surface area (TPSA) is 164 Å². The summed E-state index contributed by atoms with van der Waals surface area (Å²) in [4.78, 5) is 64.9. The Morgan fingerprint density at radius 1 is 1.07 bits per heavy atom. The monoisotopic (exact) mass is 741 g/mol. The van der Waals surface area contributed by atoms with Crippen molar-refractivity contribution < 1.29 is 43.0 Å². The average Bonchev–Trinajstić information content (AvgIpc) is 2.95. The Labute approximate surface area is 276 Å². The van der Waals surface area contributed by atoms with Gasteiger partial charge in [0.2, 0.25) is 11.7 Å². The summed E-state index contributed by atoms with van der Waals surface area (Å²) < 4.78 is 21.3. The van der Waals surface area contributed by atoms with Crippen molar-refractivity contribution in [3.8, 4) is 11.5 Å². The zero-order valence-corrected chi connectivity index (χ0v) is 29.0. The fourth-order valence-corrected chi connectivity index (χ4v) is 5.51. The van der Waals surface area contributed by atoms with Crippen LogP contribution >= 0.6 is 22.6 Å². The number of aryl methyl sites for hydroxylation is 1. The Morgan fingerprint density at radius 2 is 1.71 bits per heavy atom. The van der Waals surface area contributed by atoms with Crippen LogP contribution in [-0.4, -0.2) is 73.6 Å². The van der Waals surface area contributed by atoms with E-state index in [9.17, 15) is 29.3 Å². The van der Waals surface area contributed by atoms with Crippen LogP contribution in [0.2, 0.25) is 0 Å². The third kappa shape index (κ3) is 10.0. The van der Waals surface area contributed by atoms with Gasteiger partial charge in [-0.25, -0.2) is 9.59 Å². The van der Waals surface area contributed by atoms with Gasteiger partial charge >= 0.3 is 17.7 Å². The highest BCUT2D eigenvalue weighted by molar-refractivity contribution is 14.1. The molecule has 0 bridgehead atoms. The summed E-state index contributed by atoms with van der Waals surface area (Å²) >= 11 is 1.89. The van der Waals surface area contributed by atoms with Crippen molar-refractivity contribution in [1.82, 2.24) is 10.2 Å². The Bertz CT molecular complexity index is 1440. The van der Waals surface area contributed by atoms with Crippen LogP contribution in [0.3, 0.4) is 0 Å². The summed E-state index contributed by atoms with van der Waals surface area (Å²) in [5.41, 5.74) is 0.531. The number of ketones is 1. The second-order valence-corrected chi connectivity index (χ2v) is 12.6. The highest BCUT2D eigenvalue weighted by Crippen LogP contribution is 2.34. The highest BCUT2D eigenvalue weighted by Gasteiger charge is 2.34. The molecular formula is C31H40IN3O10. The number of nitro groups is 1. The number of halogens is 1. The number of ether oxygens (including phenoxy) is 4. The number of amides is 2. The summed E-state index contributed by atoms with van der Waals surface area (Å²) in [7, 11) is 5.44. The van der Waals surface area contributed by atoms with Crippen molar-refractivity contribution >= 4 is 52.0 Å². The lowest BCUT2D eigenvalue weighted by molar-refractivity contribution is -0.385. The summed E-state index contributed by atoms with van der Waals surface area (Å²) in [5, 5.41) is 14.2. The smallest absolute Gasteiger partial charge is 0.410 e. The lowest BCUT2D eigenvalue weighted by Gasteiger charge is -2.31. The number of nitro benzene ring substituents is 1. The Balaban J connectivity index is 2.34. The molecule has 2 amide bonds. The summed E-state index contributed by atoms with van der Waals surface area (Å²) in [6.45, 7) is 8.46. The first-order valence-corrected chi connectivity index (χ1v) is 15.0. The lowest BCUT2D eigenvalue weighted by Crippen LogP contribution is -2.46. The van der Waals surface area contributed by atoms with Gasteiger partial charge < -0.3 is 24.3 Å². The van der Waals surface area contributed by atoms with E-state index >= 15 is 0 Å². The fraction of sp³-hybridized carbons (Fsp3) is 0.484. The number of rotatable bonds is 13. The van der Waals surface area contributed by atoms with E-state index in [4.69, 9.17) is 18.9 Å². The first kappa shape index (κ1) is 37.2. The number of hydrogen-bond acceptors (Lipinski definition) is 10. The maximum Gasteiger partial charge on any atom is 0.410 e. The van der Waals surface area contributed by atoms with Crippen LogP contribution in [-0.2, 0) is 30.3 Å². The number of likely N-dealkylation sites (N-methyl/N-ethyl adjacent to an activating group) is 1. The van der Waals surface area contributed by atoms with Gasteiger partial charge in [0.25, 0.3) is 0 Å². The number of nitrogens with zero attached hydrogens (tertiary/aromatic N) is 2. The predicted molar refractivity (Wildman–Crippen MR) is 173 cm³/mol. The van der Waals surface area contributed by atoms with E-state index in [0.717, 1.165) is 12.7 Å². The van der Waals surface area contributed by atoms with E-state index < -0.39 is 52.3 Å². The predicted octanol–water partition coefficient (Wildman–Crippen LogP) is 4.93. The van der Waals surface area contributed by atoms with E-state index in [0.29, 0.717) is 20.4 Å². The van der Waals surface area contributed by atoms with Gasteiger partial charge in [0.15, 0.2) is 5.78 Å². The molecule has 246 valence electrons. The third-order valence-electron chi connectivity index (χ3n) is 6.79. The largest absolute Gasteiger partial charge is 0.496 e. The molecule has 0 radical (unpaired) electrons. The molecule has 0 aliphatic rings. The number of esters is 1. The van der Waals surface area contributed by atoms with Crippen molar-refractivity contribution in [2.45, 2.75) is 65.1 Å². The number of benzene rings is 2. The van der Waals surface area contributed by atoms with Crippen LogP contribution in [0.4, 0.5) is 10.5 Å². The van der Waals surface area contributed by atoms with Gasteiger partial charge in [-0.2, -0.15) is 0 Å². The molecule has 2 aromatic carbocycles. The fourth-order valence-electron chi connectivity index (χ4n) is 4.62. The van der Waals surface area contributed by atoms with Crippen LogP contribution in [0.15, 0.2) is 30.3 Å². The van der Waals surface area contributed by atoms with Crippen LogP contribution in [0.1, 0.15) is 56.8 Å². The van der Waals surface area contributed by atoms with Crippen molar-refractivity contribution in [3.05, 3.63) is 60.7 Å². The third-order valence-corrected chi connectivity index (χ3v) is 7.59. The molecule has 0 saturated carbocycles. The highest BCUT2D eigenvalue weighted by atomic mass is 127. The van der Waals surface area contributed by atoms with Gasteiger partial charge in [0.1, 0.15) is 23.4 Å². The Hall–Kier alpha value is -3.95. The van der Waals surface area contributed by atoms with Crippen molar-refractivity contribution in [2.75, 3.05) is 28.4 Å². The van der Waals surface area contributed by atoms with E-state index in [1.807, 2.05) is 22.6 Å². The van der Waals surface area contributed by atoms with Crippen LogP contribution in [0, 0.1) is 26.5 Å². The first-order chi connectivity index (χ1) is 20.9. The molecule has 2 aromatic rings. The van der Waals surface area contributed by atoms with Gasteiger partial charge in [-0.15, -0.1) is 0 Å². The SMILES string of the molecule is COC(=O)C(Cc1cc(I)c(OC)c([N+](=O)[O-])c1)NC(=O)[C@H](C)CC(=O)[C@H](c1ccc(OC)c(C)c1)N(C)C(=O)OC(C)(C)C. The molecule has 14 heteroatoms. The number of methoxy groups -OCH3 is 3. The van der Waals surface area contributed by atoms with Crippen LogP contribution in [0.25, 0.3) is 0 Å². The molecule has 0 spiro atoms. The maximum absolute atomic E-state index is 13.8. The van der Waals surface area contributed by atoms with Crippen LogP contribution in [0.5, 0.6) is 11.5 Å². The van der Waals surface area contributed by atoms with E-state index in [1.54, 1.807) is 52.0 Å². The second-order valence-electron chi connectivity index (χ2n) is 11.5. The molecule has 0 fully saturated rings. The van der Waals surface area contributed by atoms with Gasteiger partial charge in [-0.3, -0.25) is 24.6 Å². The molecule has 0 aliphatic heterocycles. The number of hydrogen-bond donors (Lipinski definition) is 1. The van der Waals surface area contributed by atoms with Crippen molar-refractivity contribution in [3.63, 3.8) is 0 Å². The molecular weight excluding hydrogens is 701 g/mol. The molecule has 1 unspecified atom stereocenters. The maximum atomic E-state index is 13.8. The van der Waals surface area contributed by atoms with Crippen molar-refractivity contribution in [2.24, 2.45) is 5.92 Å².